The van der Waals surface area contributed by atoms with Crippen LogP contribution in [0.4, 0.5) is 0 Å². The Morgan fingerprint density at radius 3 is 2.50 bits per heavy atom. The Morgan fingerprint density at radius 1 is 1.75 bits per heavy atom. The van der Waals surface area contributed by atoms with Gasteiger partial charge in [0.1, 0.15) is 0 Å². The number of rotatable bonds is 3. The summed E-state index contributed by atoms with van der Waals surface area (Å²) in [4.78, 5) is 0. The third-order valence-electron chi connectivity index (χ3n) is 0.987. The van der Waals surface area contributed by atoms with Gasteiger partial charge in [-0.1, -0.05) is 6.92 Å². The Balaban J connectivity index is 3.66. The molecule has 0 aliphatic rings. The zero-order valence-corrected chi connectivity index (χ0v) is 5.36. The Labute approximate surface area is 50.1 Å². The fourth-order valence-corrected chi connectivity index (χ4v) is 0.479. The molecule has 2 N–H and O–H groups in total. The molecule has 2 nitrogen and oxygen atoms in total. The molecule has 0 bridgehead atoms. The summed E-state index contributed by atoms with van der Waals surface area (Å²) < 4.78 is 0. The number of hydrogen-bond acceptors (Lipinski definition) is 2. The zero-order valence-electron chi connectivity index (χ0n) is 5.36. The van der Waals surface area contributed by atoms with E-state index < -0.39 is 0 Å². The number of nitrogens with one attached hydrogen (secondary N) is 2. The van der Waals surface area contributed by atoms with Gasteiger partial charge in [0.25, 0.3) is 0 Å². The van der Waals surface area contributed by atoms with Crippen molar-refractivity contribution in [2.45, 2.75) is 13.3 Å². The average Bonchev–Trinajstić information content (AvgIpc) is 1.83. The molecule has 0 saturated carbocycles. The summed E-state index contributed by atoms with van der Waals surface area (Å²) in [6.45, 7) is 2.05. The van der Waals surface area contributed by atoms with Gasteiger partial charge in [-0.25, -0.2) is 0 Å². The lowest BCUT2D eigenvalue weighted by Gasteiger charge is -1.98. The molecule has 0 aliphatic carbocycles. The van der Waals surface area contributed by atoms with E-state index in [-0.39, 0.29) is 0 Å². The van der Waals surface area contributed by atoms with Crippen LogP contribution in [0.3, 0.4) is 0 Å². The maximum Gasteiger partial charge on any atom is 0.0194 e. The highest BCUT2D eigenvalue weighted by atomic mass is 14.8. The lowest BCUT2D eigenvalue weighted by Crippen LogP contribution is -2.03. The second kappa shape index (κ2) is 4.37. The lowest BCUT2D eigenvalue weighted by atomic mass is 10.3. The van der Waals surface area contributed by atoms with Crippen molar-refractivity contribution in [3.05, 3.63) is 11.8 Å². The highest BCUT2D eigenvalue weighted by Crippen LogP contribution is 1.89. The van der Waals surface area contributed by atoms with Gasteiger partial charge in [-0.2, -0.15) is 0 Å². The van der Waals surface area contributed by atoms with Gasteiger partial charge in [0, 0.05) is 19.0 Å². The first-order valence-electron chi connectivity index (χ1n) is 2.72. The molecular weight excluding hydrogens is 100 g/mol. The summed E-state index contributed by atoms with van der Waals surface area (Å²) in [6, 6.07) is 0. The standard InChI is InChI=1S/C6H12N2/c1-3-6(8-2)4-5-7/h4-5,7-8H,3H2,1-2H3/b6-4-,7-5?. The van der Waals surface area contributed by atoms with Crippen molar-refractivity contribution in [2.24, 2.45) is 0 Å². The molecule has 0 unspecified atom stereocenters. The fraction of sp³-hybridized carbons (Fsp3) is 0.500. The largest absolute Gasteiger partial charge is 0.391 e. The normalized spacial score (nSPS) is 11.0. The summed E-state index contributed by atoms with van der Waals surface area (Å²) in [6.07, 6.45) is 4.00. The monoisotopic (exact) mass is 112 g/mol. The van der Waals surface area contributed by atoms with Crippen LogP contribution in [0.15, 0.2) is 11.8 Å². The van der Waals surface area contributed by atoms with E-state index >= 15 is 0 Å². The Hall–Kier alpha value is -0.790. The van der Waals surface area contributed by atoms with Crippen molar-refractivity contribution in [1.82, 2.24) is 5.32 Å². The summed E-state index contributed by atoms with van der Waals surface area (Å²) in [5, 5.41) is 9.66. The Bertz CT molecular complexity index is 88.7. The van der Waals surface area contributed by atoms with E-state index in [2.05, 4.69) is 5.32 Å². The third kappa shape index (κ3) is 2.39. The Morgan fingerprint density at radius 2 is 2.38 bits per heavy atom. The summed E-state index contributed by atoms with van der Waals surface area (Å²) in [5.41, 5.74) is 1.10. The van der Waals surface area contributed by atoms with E-state index in [1.807, 2.05) is 14.0 Å². The maximum absolute atomic E-state index is 6.70. The molecule has 0 amide bonds. The van der Waals surface area contributed by atoms with Gasteiger partial charge in [-0.05, 0) is 12.5 Å². The molecule has 0 fully saturated rings. The average molecular weight is 112 g/mol. The zero-order chi connectivity index (χ0) is 6.41. The molecule has 0 spiro atoms. The van der Waals surface area contributed by atoms with Gasteiger partial charge in [0.2, 0.25) is 0 Å². The van der Waals surface area contributed by atoms with Crippen LogP contribution in [0.25, 0.3) is 0 Å². The molecule has 0 saturated heterocycles. The smallest absolute Gasteiger partial charge is 0.0194 e. The minimum Gasteiger partial charge on any atom is -0.391 e. The first-order chi connectivity index (χ1) is 3.85. The summed E-state index contributed by atoms with van der Waals surface area (Å²) >= 11 is 0. The van der Waals surface area contributed by atoms with Gasteiger partial charge in [-0.3, -0.25) is 0 Å². The van der Waals surface area contributed by atoms with E-state index in [0.717, 1.165) is 12.1 Å². The van der Waals surface area contributed by atoms with Crippen molar-refractivity contribution < 1.29 is 0 Å². The van der Waals surface area contributed by atoms with Crippen LogP contribution < -0.4 is 5.32 Å². The van der Waals surface area contributed by atoms with Gasteiger partial charge in [0.15, 0.2) is 0 Å². The van der Waals surface area contributed by atoms with Crippen LogP contribution in [0.5, 0.6) is 0 Å². The highest BCUT2D eigenvalue weighted by Gasteiger charge is 1.81. The van der Waals surface area contributed by atoms with Crippen molar-refractivity contribution in [1.29, 1.82) is 5.41 Å². The van der Waals surface area contributed by atoms with Crippen LogP contribution in [0.2, 0.25) is 0 Å². The Kier molecular flexibility index (Phi) is 3.94. The van der Waals surface area contributed by atoms with E-state index in [0.29, 0.717) is 0 Å². The topological polar surface area (TPSA) is 35.9 Å². The molecule has 0 heterocycles. The third-order valence-corrected chi connectivity index (χ3v) is 0.987. The van der Waals surface area contributed by atoms with Crippen molar-refractivity contribution in [3.8, 4) is 0 Å². The quantitative estimate of drug-likeness (QED) is 0.528. The molecule has 0 aromatic rings. The van der Waals surface area contributed by atoms with E-state index in [9.17, 15) is 0 Å². The minimum absolute atomic E-state index is 0.964. The predicted octanol–water partition coefficient (Wildman–Crippen LogP) is 1.15. The molecule has 0 aromatic heterocycles. The van der Waals surface area contributed by atoms with Gasteiger partial charge in [-0.15, -0.1) is 0 Å². The van der Waals surface area contributed by atoms with Crippen molar-refractivity contribution in [3.63, 3.8) is 0 Å². The summed E-state index contributed by atoms with van der Waals surface area (Å²) in [5.74, 6) is 0. The van der Waals surface area contributed by atoms with E-state index in [4.69, 9.17) is 5.41 Å². The molecular formula is C6H12N2. The van der Waals surface area contributed by atoms with Crippen molar-refractivity contribution in [2.75, 3.05) is 7.05 Å². The van der Waals surface area contributed by atoms with Crippen LogP contribution in [-0.2, 0) is 0 Å². The maximum atomic E-state index is 6.70. The molecule has 0 aliphatic heterocycles. The minimum atomic E-state index is 0.964. The molecule has 46 valence electrons. The van der Waals surface area contributed by atoms with Crippen LogP contribution in [0, 0.1) is 5.41 Å². The number of hydrogen-bond donors (Lipinski definition) is 2. The second-order valence-electron chi connectivity index (χ2n) is 1.46. The van der Waals surface area contributed by atoms with Crippen LogP contribution in [0.1, 0.15) is 13.3 Å². The molecule has 0 aromatic carbocycles. The van der Waals surface area contributed by atoms with E-state index in [1.54, 1.807) is 6.08 Å². The van der Waals surface area contributed by atoms with Crippen molar-refractivity contribution >= 4 is 6.21 Å². The van der Waals surface area contributed by atoms with Gasteiger partial charge >= 0.3 is 0 Å². The van der Waals surface area contributed by atoms with Gasteiger partial charge in [0.05, 0.1) is 0 Å². The number of allylic oxidation sites excluding steroid dienone is 2. The second-order valence-corrected chi connectivity index (χ2v) is 1.46. The lowest BCUT2D eigenvalue weighted by molar-refractivity contribution is 0.903. The molecule has 2 heteroatoms. The molecule has 0 rings (SSSR count). The molecule has 8 heavy (non-hydrogen) atoms. The molecule has 0 radical (unpaired) electrons. The summed E-state index contributed by atoms with van der Waals surface area (Å²) in [7, 11) is 1.86. The first-order valence-corrected chi connectivity index (χ1v) is 2.72. The highest BCUT2D eigenvalue weighted by molar-refractivity contribution is 5.68. The van der Waals surface area contributed by atoms with Gasteiger partial charge < -0.3 is 10.7 Å². The van der Waals surface area contributed by atoms with E-state index in [1.165, 1.54) is 6.21 Å². The first kappa shape index (κ1) is 7.21. The van der Waals surface area contributed by atoms with Crippen LogP contribution in [-0.4, -0.2) is 13.3 Å². The van der Waals surface area contributed by atoms with Crippen LogP contribution >= 0.6 is 0 Å². The fourth-order valence-electron chi connectivity index (χ4n) is 0.479. The predicted molar refractivity (Wildman–Crippen MR) is 36.2 cm³/mol. The SMILES string of the molecule is CC/C(=C/C=N)NC. The molecule has 0 atom stereocenters.